The molecule has 0 radical (unpaired) electrons. The van der Waals surface area contributed by atoms with Crippen LogP contribution < -0.4 is 0 Å². The molecule has 7 heteroatoms. The Bertz CT molecular complexity index is 757. The number of aliphatic hydroxyl groups is 1. The van der Waals surface area contributed by atoms with Gasteiger partial charge in [-0.1, -0.05) is 60.0 Å². The van der Waals surface area contributed by atoms with Crippen LogP contribution in [0.5, 0.6) is 0 Å². The summed E-state index contributed by atoms with van der Waals surface area (Å²) >= 11 is 3.61. The highest BCUT2D eigenvalue weighted by atomic mass is 127. The predicted octanol–water partition coefficient (Wildman–Crippen LogP) is 4.82. The number of nitrogens with zero attached hydrogens (tertiary/aromatic N) is 1. The highest BCUT2D eigenvalue weighted by molar-refractivity contribution is 14.1. The third kappa shape index (κ3) is 6.42. The lowest BCUT2D eigenvalue weighted by Crippen LogP contribution is -2.46. The summed E-state index contributed by atoms with van der Waals surface area (Å²) in [6.45, 7) is 4.30. The molecule has 0 aromatic carbocycles. The topological polar surface area (TPSA) is 77.8 Å². The van der Waals surface area contributed by atoms with Crippen molar-refractivity contribution in [3.8, 4) is 11.8 Å². The molecule has 1 aliphatic heterocycles. The molecule has 0 saturated heterocycles. The van der Waals surface area contributed by atoms with Gasteiger partial charge in [0.25, 0.3) is 0 Å². The third-order valence-corrected chi connectivity index (χ3v) is 9.28. The molecule has 0 bridgehead atoms. The SMILES string of the molecule is CC(C#CC1CC(N(C(=O)C2CCC(C)CC2)C2CCC(O)CC2)=C(C(=O)O)S1)CI. The maximum atomic E-state index is 13.8. The molecule has 2 atom stereocenters. The molecule has 2 unspecified atom stereocenters. The van der Waals surface area contributed by atoms with E-state index >= 15 is 0 Å². The molecule has 3 aliphatic rings. The van der Waals surface area contributed by atoms with E-state index in [4.69, 9.17) is 0 Å². The zero-order chi connectivity index (χ0) is 22.5. The van der Waals surface area contributed by atoms with E-state index in [0.29, 0.717) is 30.9 Å². The van der Waals surface area contributed by atoms with Gasteiger partial charge in [0, 0.05) is 34.4 Å². The Kier molecular flexibility index (Phi) is 9.18. The second-order valence-electron chi connectivity index (χ2n) is 9.36. The smallest absolute Gasteiger partial charge is 0.344 e. The molecule has 0 aromatic heterocycles. The molecule has 2 aliphatic carbocycles. The molecule has 1 heterocycles. The van der Waals surface area contributed by atoms with E-state index in [-0.39, 0.29) is 40.0 Å². The van der Waals surface area contributed by atoms with Crippen LogP contribution in [0, 0.1) is 29.6 Å². The van der Waals surface area contributed by atoms with Crippen LogP contribution in [0.1, 0.15) is 71.6 Å². The molecular formula is C24H34INO4S. The van der Waals surface area contributed by atoms with Crippen LogP contribution in [0.4, 0.5) is 0 Å². The van der Waals surface area contributed by atoms with E-state index in [2.05, 4.69) is 48.3 Å². The lowest BCUT2D eigenvalue weighted by atomic mass is 9.81. The number of halogens is 1. The van der Waals surface area contributed by atoms with Gasteiger partial charge in [-0.3, -0.25) is 4.79 Å². The number of amides is 1. The van der Waals surface area contributed by atoms with Crippen LogP contribution in [0.3, 0.4) is 0 Å². The fraction of sp³-hybridized carbons (Fsp3) is 0.750. The first kappa shape index (κ1) is 24.9. The molecule has 2 N–H and O–H groups in total. The molecular weight excluding hydrogens is 525 g/mol. The summed E-state index contributed by atoms with van der Waals surface area (Å²) in [7, 11) is 0. The maximum Gasteiger partial charge on any atom is 0.344 e. The molecule has 2 saturated carbocycles. The monoisotopic (exact) mass is 559 g/mol. The fourth-order valence-electron chi connectivity index (χ4n) is 4.81. The molecule has 1 amide bonds. The Balaban J connectivity index is 1.88. The van der Waals surface area contributed by atoms with Gasteiger partial charge in [0.15, 0.2) is 0 Å². The van der Waals surface area contributed by atoms with Crippen molar-refractivity contribution in [1.29, 1.82) is 0 Å². The van der Waals surface area contributed by atoms with Gasteiger partial charge in [-0.2, -0.15) is 0 Å². The minimum Gasteiger partial charge on any atom is -0.477 e. The number of carbonyl (C=O) groups excluding carboxylic acids is 1. The average Bonchev–Trinajstić information content (AvgIpc) is 3.18. The van der Waals surface area contributed by atoms with Crippen molar-refractivity contribution in [2.45, 2.75) is 89.0 Å². The lowest BCUT2D eigenvalue weighted by molar-refractivity contribution is -0.138. The van der Waals surface area contributed by atoms with Crippen molar-refractivity contribution in [2.24, 2.45) is 17.8 Å². The second-order valence-corrected chi connectivity index (χ2v) is 11.5. The van der Waals surface area contributed by atoms with Crippen LogP contribution in [0.2, 0.25) is 0 Å². The zero-order valence-corrected chi connectivity index (χ0v) is 21.5. The Hall–Kier alpha value is -0.720. The van der Waals surface area contributed by atoms with Crippen molar-refractivity contribution in [3.05, 3.63) is 10.6 Å². The Morgan fingerprint density at radius 3 is 2.39 bits per heavy atom. The van der Waals surface area contributed by atoms with Crippen LogP contribution in [0.25, 0.3) is 0 Å². The summed E-state index contributed by atoms with van der Waals surface area (Å²) in [5.74, 6) is 6.52. The third-order valence-electron chi connectivity index (χ3n) is 6.74. The van der Waals surface area contributed by atoms with E-state index < -0.39 is 5.97 Å². The summed E-state index contributed by atoms with van der Waals surface area (Å²) in [5.41, 5.74) is 0.656. The molecule has 31 heavy (non-hydrogen) atoms. The largest absolute Gasteiger partial charge is 0.477 e. The molecule has 0 aromatic rings. The quantitative estimate of drug-likeness (QED) is 0.287. The van der Waals surface area contributed by atoms with Gasteiger partial charge in [-0.15, -0.1) is 0 Å². The Morgan fingerprint density at radius 2 is 1.81 bits per heavy atom. The van der Waals surface area contributed by atoms with E-state index in [1.165, 1.54) is 11.8 Å². The molecule has 3 rings (SSSR count). The lowest BCUT2D eigenvalue weighted by Gasteiger charge is -2.39. The van der Waals surface area contributed by atoms with E-state index in [1.54, 1.807) is 0 Å². The Morgan fingerprint density at radius 1 is 1.16 bits per heavy atom. The second kappa shape index (κ2) is 11.4. The van der Waals surface area contributed by atoms with Gasteiger partial charge in [0.05, 0.1) is 11.4 Å². The van der Waals surface area contributed by atoms with Crippen molar-refractivity contribution < 1.29 is 19.8 Å². The summed E-state index contributed by atoms with van der Waals surface area (Å²) in [6, 6.07) is -0.0276. The number of carbonyl (C=O) groups is 2. The van der Waals surface area contributed by atoms with Crippen LogP contribution in [-0.2, 0) is 9.59 Å². The van der Waals surface area contributed by atoms with Crippen molar-refractivity contribution in [1.82, 2.24) is 4.90 Å². The van der Waals surface area contributed by atoms with Gasteiger partial charge in [-0.25, -0.2) is 4.79 Å². The number of aliphatic carboxylic acids is 1. The van der Waals surface area contributed by atoms with Crippen molar-refractivity contribution in [3.63, 3.8) is 0 Å². The first-order chi connectivity index (χ1) is 14.8. The van der Waals surface area contributed by atoms with Gasteiger partial charge >= 0.3 is 5.97 Å². The first-order valence-corrected chi connectivity index (χ1v) is 13.9. The predicted molar refractivity (Wildman–Crippen MR) is 133 cm³/mol. The minimum atomic E-state index is -0.961. The van der Waals surface area contributed by atoms with Crippen molar-refractivity contribution in [2.75, 3.05) is 4.43 Å². The number of aliphatic hydroxyl groups excluding tert-OH is 1. The van der Waals surface area contributed by atoms with E-state index in [1.807, 2.05) is 4.90 Å². The average molecular weight is 560 g/mol. The highest BCUT2D eigenvalue weighted by Gasteiger charge is 2.40. The Labute approximate surface area is 203 Å². The van der Waals surface area contributed by atoms with Crippen molar-refractivity contribution >= 4 is 46.2 Å². The number of carboxylic acid groups (broad SMARTS) is 1. The summed E-state index contributed by atoms with van der Waals surface area (Å²) in [6.07, 6.45) is 6.81. The number of thioether (sulfide) groups is 1. The van der Waals surface area contributed by atoms with Gasteiger partial charge in [-0.05, 0) is 57.3 Å². The van der Waals surface area contributed by atoms with Gasteiger partial charge in [0.2, 0.25) is 5.91 Å². The summed E-state index contributed by atoms with van der Waals surface area (Å²) < 4.78 is 0.934. The normalized spacial score (nSPS) is 32.2. The van der Waals surface area contributed by atoms with Crippen LogP contribution in [0.15, 0.2) is 10.6 Å². The number of rotatable bonds is 5. The standard InChI is InChI=1S/C24H34INO4S/c1-15-3-6-17(7-4-15)23(28)26(18-8-10-19(27)11-9-18)21-13-20(12-5-16(2)14-25)31-22(21)24(29)30/h15-20,27H,3-4,6-11,13-14H2,1-2H3,(H,29,30). The minimum absolute atomic E-state index is 0.0276. The first-order valence-electron chi connectivity index (χ1n) is 11.5. The van der Waals surface area contributed by atoms with Gasteiger partial charge < -0.3 is 15.1 Å². The number of hydrogen-bond acceptors (Lipinski definition) is 4. The van der Waals surface area contributed by atoms with Gasteiger partial charge in [0.1, 0.15) is 4.91 Å². The van der Waals surface area contributed by atoms with Crippen LogP contribution in [-0.4, -0.2) is 48.8 Å². The number of hydrogen-bond donors (Lipinski definition) is 2. The molecule has 0 spiro atoms. The summed E-state index contributed by atoms with van der Waals surface area (Å²) in [4.78, 5) is 28.0. The van der Waals surface area contributed by atoms with Crippen LogP contribution >= 0.6 is 34.4 Å². The maximum absolute atomic E-state index is 13.8. The molecule has 5 nitrogen and oxygen atoms in total. The number of allylic oxidation sites excluding steroid dienone is 1. The number of carboxylic acids is 1. The fourth-order valence-corrected chi connectivity index (χ4v) is 6.10. The molecule has 2 fully saturated rings. The highest BCUT2D eigenvalue weighted by Crippen LogP contribution is 2.43. The molecule has 172 valence electrons. The van der Waals surface area contributed by atoms with E-state index in [0.717, 1.165) is 43.0 Å². The number of alkyl halides is 1. The summed E-state index contributed by atoms with van der Waals surface area (Å²) in [5, 5.41) is 19.8. The zero-order valence-electron chi connectivity index (χ0n) is 18.5. The van der Waals surface area contributed by atoms with E-state index in [9.17, 15) is 19.8 Å².